The second-order valence-corrected chi connectivity index (χ2v) is 7.58. The number of nitrogens with zero attached hydrogens (tertiary/aromatic N) is 2. The molecule has 0 fully saturated rings. The molecule has 0 spiro atoms. The van der Waals surface area contributed by atoms with Crippen LogP contribution < -0.4 is 14.5 Å². The molecule has 1 atom stereocenters. The number of carbonyl (C=O) groups excluding carboxylic acids is 3. The largest absolute Gasteiger partial charge is 0.481 e. The lowest BCUT2D eigenvalue weighted by molar-refractivity contribution is -0.122. The molecular weight excluding hydrogens is 351 g/mol. The van der Waals surface area contributed by atoms with Gasteiger partial charge in [0.1, 0.15) is 5.75 Å². The Morgan fingerprint density at radius 2 is 1.70 bits per heavy atom. The molecule has 0 saturated heterocycles. The number of halogens is 1. The number of imide groups is 1. The van der Waals surface area contributed by atoms with Gasteiger partial charge in [-0.25, -0.2) is 9.29 Å². The molecule has 7 heteroatoms. The average molecular weight is 370 g/mol. The van der Waals surface area contributed by atoms with Crippen LogP contribution in [0.4, 0.5) is 15.8 Å². The first-order valence-corrected chi connectivity index (χ1v) is 9.40. The number of rotatable bonds is 1. The number of benzene rings is 1. The Morgan fingerprint density at radius 1 is 1.04 bits per heavy atom. The van der Waals surface area contributed by atoms with Gasteiger partial charge in [-0.15, -0.1) is 0 Å². The predicted molar refractivity (Wildman–Crippen MR) is 95.2 cm³/mol. The fourth-order valence-corrected chi connectivity index (χ4v) is 4.73. The summed E-state index contributed by atoms with van der Waals surface area (Å²) in [6.07, 6.45) is 3.95. The lowest BCUT2D eigenvalue weighted by atomic mass is 9.92. The molecule has 1 unspecified atom stereocenters. The molecule has 0 saturated carbocycles. The number of amides is 3. The third-order valence-corrected chi connectivity index (χ3v) is 6.02. The molecule has 3 aliphatic heterocycles. The van der Waals surface area contributed by atoms with E-state index in [-0.39, 0.29) is 24.2 Å². The molecule has 27 heavy (non-hydrogen) atoms. The van der Waals surface area contributed by atoms with Crippen molar-refractivity contribution in [1.82, 2.24) is 0 Å². The Morgan fingerprint density at radius 3 is 2.37 bits per heavy atom. The van der Waals surface area contributed by atoms with Crippen molar-refractivity contribution in [2.24, 2.45) is 0 Å². The highest BCUT2D eigenvalue weighted by atomic mass is 19.1. The maximum atomic E-state index is 15.1. The Bertz CT molecular complexity index is 924. The standard InChI is InChI=1S/C20H19FN2O4/c1-10-6-7-13-17(14(21)8-15-18(13)22(10)16(24)9-27-15)23-19(25)11-4-2-3-5-12(11)20(23)26/h8,10H,2-7,9H2,1H3. The Hall–Kier alpha value is -2.70. The van der Waals surface area contributed by atoms with Crippen molar-refractivity contribution in [3.05, 3.63) is 28.6 Å². The number of ether oxygens (including phenoxy) is 1. The molecule has 0 radical (unpaired) electrons. The van der Waals surface area contributed by atoms with E-state index in [0.29, 0.717) is 53.8 Å². The zero-order chi connectivity index (χ0) is 18.9. The van der Waals surface area contributed by atoms with Crippen LogP contribution >= 0.6 is 0 Å². The highest BCUT2D eigenvalue weighted by molar-refractivity contribution is 6.33. The summed E-state index contributed by atoms with van der Waals surface area (Å²) in [6.45, 7) is 1.80. The van der Waals surface area contributed by atoms with E-state index in [1.165, 1.54) is 6.07 Å². The van der Waals surface area contributed by atoms with Crippen molar-refractivity contribution < 1.29 is 23.5 Å². The van der Waals surface area contributed by atoms with Gasteiger partial charge >= 0.3 is 0 Å². The number of hydrogen-bond acceptors (Lipinski definition) is 4. The first-order chi connectivity index (χ1) is 13.0. The second kappa shape index (κ2) is 5.65. The van der Waals surface area contributed by atoms with Gasteiger partial charge in [-0.3, -0.25) is 14.4 Å². The van der Waals surface area contributed by atoms with Crippen LogP contribution in [0.5, 0.6) is 5.75 Å². The predicted octanol–water partition coefficient (Wildman–Crippen LogP) is 2.63. The first-order valence-electron chi connectivity index (χ1n) is 9.40. The molecule has 0 aromatic heterocycles. The molecule has 5 rings (SSSR count). The zero-order valence-corrected chi connectivity index (χ0v) is 15.0. The highest BCUT2D eigenvalue weighted by Crippen LogP contribution is 2.48. The van der Waals surface area contributed by atoms with Crippen LogP contribution in [-0.2, 0) is 20.8 Å². The fourth-order valence-electron chi connectivity index (χ4n) is 4.73. The van der Waals surface area contributed by atoms with E-state index in [1.54, 1.807) is 4.90 Å². The van der Waals surface area contributed by atoms with E-state index in [2.05, 4.69) is 0 Å². The van der Waals surface area contributed by atoms with E-state index in [0.717, 1.165) is 17.7 Å². The van der Waals surface area contributed by atoms with Crippen molar-refractivity contribution in [3.63, 3.8) is 0 Å². The van der Waals surface area contributed by atoms with Gasteiger partial charge in [0.15, 0.2) is 12.4 Å². The molecule has 0 bridgehead atoms. The summed E-state index contributed by atoms with van der Waals surface area (Å²) in [5, 5.41) is 0. The summed E-state index contributed by atoms with van der Waals surface area (Å²) in [7, 11) is 0. The minimum absolute atomic E-state index is 0.00616. The van der Waals surface area contributed by atoms with Crippen LogP contribution in [0.15, 0.2) is 17.2 Å². The van der Waals surface area contributed by atoms with Crippen LogP contribution in [0.25, 0.3) is 0 Å². The topological polar surface area (TPSA) is 66.9 Å². The first kappa shape index (κ1) is 16.5. The molecule has 3 heterocycles. The molecule has 4 aliphatic rings. The van der Waals surface area contributed by atoms with Gasteiger partial charge in [-0.2, -0.15) is 0 Å². The van der Waals surface area contributed by atoms with E-state index >= 15 is 4.39 Å². The summed E-state index contributed by atoms with van der Waals surface area (Å²) >= 11 is 0. The Balaban J connectivity index is 1.69. The molecule has 1 aromatic carbocycles. The van der Waals surface area contributed by atoms with Gasteiger partial charge in [0, 0.05) is 28.8 Å². The minimum atomic E-state index is -0.658. The maximum Gasteiger partial charge on any atom is 0.265 e. The highest BCUT2D eigenvalue weighted by Gasteiger charge is 2.45. The molecular formula is C20H19FN2O4. The minimum Gasteiger partial charge on any atom is -0.481 e. The fraction of sp³-hybridized carbons (Fsp3) is 0.450. The van der Waals surface area contributed by atoms with Crippen molar-refractivity contribution in [2.45, 2.75) is 51.5 Å². The van der Waals surface area contributed by atoms with Crippen molar-refractivity contribution >= 4 is 29.1 Å². The Labute approximate surface area is 155 Å². The number of carbonyl (C=O) groups is 3. The summed E-state index contributed by atoms with van der Waals surface area (Å²) in [6, 6.07) is 1.16. The van der Waals surface area contributed by atoms with Crippen LogP contribution in [0.2, 0.25) is 0 Å². The van der Waals surface area contributed by atoms with Crippen molar-refractivity contribution in [3.8, 4) is 5.75 Å². The van der Waals surface area contributed by atoms with Crippen molar-refractivity contribution in [1.29, 1.82) is 0 Å². The second-order valence-electron chi connectivity index (χ2n) is 7.58. The summed E-state index contributed by atoms with van der Waals surface area (Å²) in [5.74, 6) is -1.38. The third-order valence-electron chi connectivity index (χ3n) is 6.02. The lowest BCUT2D eigenvalue weighted by Gasteiger charge is -2.40. The summed E-state index contributed by atoms with van der Waals surface area (Å²) in [4.78, 5) is 40.9. The maximum absolute atomic E-state index is 15.1. The SMILES string of the molecule is CC1CCc2c(N3C(=O)C4=C(CCCC4)C3=O)c(F)cc3c2N1C(=O)CO3. The number of anilines is 2. The summed E-state index contributed by atoms with van der Waals surface area (Å²) < 4.78 is 20.5. The lowest BCUT2D eigenvalue weighted by Crippen LogP contribution is -2.48. The zero-order valence-electron chi connectivity index (χ0n) is 15.0. The molecule has 3 amide bonds. The summed E-state index contributed by atoms with van der Waals surface area (Å²) in [5.41, 5.74) is 2.05. The monoisotopic (exact) mass is 370 g/mol. The van der Waals surface area contributed by atoms with E-state index in [4.69, 9.17) is 4.74 Å². The molecule has 1 aliphatic carbocycles. The van der Waals surface area contributed by atoms with Crippen molar-refractivity contribution in [2.75, 3.05) is 16.4 Å². The molecule has 1 aromatic rings. The van der Waals surface area contributed by atoms with Gasteiger partial charge in [-0.05, 0) is 45.4 Å². The molecule has 140 valence electrons. The number of hydrogen-bond donors (Lipinski definition) is 0. The average Bonchev–Trinajstić information content (AvgIpc) is 2.91. The van der Waals surface area contributed by atoms with Crippen LogP contribution in [0, 0.1) is 5.82 Å². The van der Waals surface area contributed by atoms with Gasteiger partial charge in [0.2, 0.25) is 0 Å². The Kier molecular flexibility index (Phi) is 3.44. The van der Waals surface area contributed by atoms with E-state index in [9.17, 15) is 14.4 Å². The quantitative estimate of drug-likeness (QED) is 0.713. The van der Waals surface area contributed by atoms with Crippen LogP contribution in [0.3, 0.4) is 0 Å². The third kappa shape index (κ3) is 2.14. The van der Waals surface area contributed by atoms with Gasteiger partial charge in [0.25, 0.3) is 17.7 Å². The van der Waals surface area contributed by atoms with Gasteiger partial charge in [-0.1, -0.05) is 0 Å². The normalized spacial score (nSPS) is 24.2. The van der Waals surface area contributed by atoms with E-state index in [1.807, 2.05) is 6.92 Å². The molecule has 0 N–H and O–H groups in total. The molecule has 6 nitrogen and oxygen atoms in total. The van der Waals surface area contributed by atoms with E-state index < -0.39 is 17.6 Å². The van der Waals surface area contributed by atoms with Crippen LogP contribution in [0.1, 0.15) is 44.6 Å². The van der Waals surface area contributed by atoms with Gasteiger partial charge < -0.3 is 9.64 Å². The van der Waals surface area contributed by atoms with Crippen LogP contribution in [-0.4, -0.2) is 30.4 Å². The smallest absolute Gasteiger partial charge is 0.265 e. The van der Waals surface area contributed by atoms with Gasteiger partial charge in [0.05, 0.1) is 11.4 Å².